The molecule has 2 heterocycles. The number of benzene rings is 3. The van der Waals surface area contributed by atoms with Crippen molar-refractivity contribution in [2.24, 2.45) is 5.92 Å². The highest BCUT2D eigenvalue weighted by Gasteiger charge is 2.49. The van der Waals surface area contributed by atoms with Gasteiger partial charge in [-0.3, -0.25) is 4.31 Å². The number of para-hydroxylation sites is 1. The van der Waals surface area contributed by atoms with Crippen LogP contribution in [0.1, 0.15) is 42.1 Å². The van der Waals surface area contributed by atoms with Gasteiger partial charge >= 0.3 is 0 Å². The molecule has 0 fully saturated rings. The summed E-state index contributed by atoms with van der Waals surface area (Å²) in [5.41, 5.74) is 6.26. The second-order valence-corrected chi connectivity index (χ2v) is 11.3. The number of hydrogen-bond acceptors (Lipinski definition) is 3. The Balaban J connectivity index is 1.67. The van der Waals surface area contributed by atoms with Gasteiger partial charge in [-0.1, -0.05) is 67.4 Å². The Labute approximate surface area is 185 Å². The summed E-state index contributed by atoms with van der Waals surface area (Å²) in [4.78, 5) is 0.337. The van der Waals surface area contributed by atoms with E-state index in [1.54, 1.807) is 16.4 Å². The van der Waals surface area contributed by atoms with Crippen molar-refractivity contribution in [2.75, 3.05) is 16.2 Å². The maximum Gasteiger partial charge on any atom is 0.264 e. The quantitative estimate of drug-likeness (QED) is 0.576. The van der Waals surface area contributed by atoms with Crippen molar-refractivity contribution in [2.45, 2.75) is 44.0 Å². The van der Waals surface area contributed by atoms with Crippen molar-refractivity contribution in [1.29, 1.82) is 0 Å². The molecule has 2 aliphatic heterocycles. The molecule has 0 saturated heterocycles. The minimum Gasteiger partial charge on any atom is -0.378 e. The van der Waals surface area contributed by atoms with Crippen molar-refractivity contribution in [3.8, 4) is 0 Å². The van der Waals surface area contributed by atoms with Crippen molar-refractivity contribution >= 4 is 21.4 Å². The number of sulfonamides is 1. The first-order chi connectivity index (χ1) is 14.7. The summed E-state index contributed by atoms with van der Waals surface area (Å²) >= 11 is 0. The maximum atomic E-state index is 13.8. The molecule has 0 aliphatic carbocycles. The van der Waals surface area contributed by atoms with E-state index in [1.165, 1.54) is 11.1 Å². The Bertz CT molecular complexity index is 1260. The fourth-order valence-corrected chi connectivity index (χ4v) is 6.67. The minimum absolute atomic E-state index is 0.0610. The molecule has 1 N–H and O–H groups in total. The van der Waals surface area contributed by atoms with Gasteiger partial charge in [-0.25, -0.2) is 8.42 Å². The molecule has 160 valence electrons. The molecule has 0 saturated carbocycles. The summed E-state index contributed by atoms with van der Waals surface area (Å²) in [5.74, 6) is 0.0944. The molecule has 5 heteroatoms. The number of rotatable bonds is 2. The van der Waals surface area contributed by atoms with E-state index in [-0.39, 0.29) is 17.4 Å². The highest BCUT2D eigenvalue weighted by molar-refractivity contribution is 7.92. The van der Waals surface area contributed by atoms with Gasteiger partial charge in [-0.05, 0) is 54.7 Å². The van der Waals surface area contributed by atoms with Crippen LogP contribution in [0.3, 0.4) is 0 Å². The molecule has 2 aliphatic rings. The Kier molecular flexibility index (Phi) is 4.45. The number of fused-ring (bicyclic) bond motifs is 4. The van der Waals surface area contributed by atoms with Gasteiger partial charge in [0.1, 0.15) is 0 Å². The largest absolute Gasteiger partial charge is 0.378 e. The van der Waals surface area contributed by atoms with E-state index in [4.69, 9.17) is 0 Å². The van der Waals surface area contributed by atoms with Crippen molar-refractivity contribution in [1.82, 2.24) is 0 Å². The number of aryl methyl sites for hydroxylation is 2. The smallest absolute Gasteiger partial charge is 0.264 e. The number of nitrogens with zero attached hydrogens (tertiary/aromatic N) is 1. The van der Waals surface area contributed by atoms with E-state index in [0.29, 0.717) is 11.4 Å². The fraction of sp³-hybridized carbons (Fsp3) is 0.308. The average Bonchev–Trinajstić information content (AvgIpc) is 2.74. The molecule has 0 unspecified atom stereocenters. The fourth-order valence-electron chi connectivity index (χ4n) is 5.15. The van der Waals surface area contributed by atoms with Crippen LogP contribution >= 0.6 is 0 Å². The van der Waals surface area contributed by atoms with E-state index in [9.17, 15) is 8.42 Å². The zero-order chi connectivity index (χ0) is 22.0. The van der Waals surface area contributed by atoms with Gasteiger partial charge in [-0.15, -0.1) is 0 Å². The molecule has 5 rings (SSSR count). The van der Waals surface area contributed by atoms with Crippen LogP contribution in [-0.4, -0.2) is 15.0 Å². The third-order valence-corrected chi connectivity index (χ3v) is 8.82. The van der Waals surface area contributed by atoms with Crippen LogP contribution in [0, 0.1) is 19.8 Å². The van der Waals surface area contributed by atoms with Crippen LogP contribution in [0.25, 0.3) is 0 Å². The predicted octanol–water partition coefficient (Wildman–Crippen LogP) is 5.57. The molecule has 2 atom stereocenters. The molecular formula is C26H28N2O2S. The summed E-state index contributed by atoms with van der Waals surface area (Å²) in [5, 5.41) is 3.74. The molecule has 31 heavy (non-hydrogen) atoms. The standard InChI is InChI=1S/C26H28N2O2S/c1-17-9-12-19(13-10-17)31(29,30)28-16-22-25(20-7-5-6-8-24(20)28)27-23-14-11-18(2)15-21(23)26(22,3)4/h5-15,22,25,27H,16H2,1-4H3/t22-,25-/m1/s1. The first-order valence-corrected chi connectivity index (χ1v) is 12.2. The Morgan fingerprint density at radius 2 is 1.61 bits per heavy atom. The Morgan fingerprint density at radius 3 is 2.35 bits per heavy atom. The lowest BCUT2D eigenvalue weighted by Crippen LogP contribution is -2.52. The van der Waals surface area contributed by atoms with Gasteiger partial charge in [0.25, 0.3) is 10.0 Å². The highest BCUT2D eigenvalue weighted by Crippen LogP contribution is 2.53. The monoisotopic (exact) mass is 432 g/mol. The second kappa shape index (κ2) is 6.86. The van der Waals surface area contributed by atoms with Gasteiger partial charge in [0, 0.05) is 18.2 Å². The van der Waals surface area contributed by atoms with Crippen molar-refractivity contribution in [3.63, 3.8) is 0 Å². The normalized spacial score (nSPS) is 21.5. The molecule has 0 spiro atoms. The molecule has 0 radical (unpaired) electrons. The van der Waals surface area contributed by atoms with Gasteiger partial charge < -0.3 is 5.32 Å². The topological polar surface area (TPSA) is 49.4 Å². The molecule has 0 amide bonds. The van der Waals surface area contributed by atoms with Crippen LogP contribution in [-0.2, 0) is 15.4 Å². The molecule has 3 aromatic rings. The van der Waals surface area contributed by atoms with E-state index >= 15 is 0 Å². The van der Waals surface area contributed by atoms with E-state index < -0.39 is 10.0 Å². The highest BCUT2D eigenvalue weighted by atomic mass is 32.2. The van der Waals surface area contributed by atoms with E-state index in [0.717, 1.165) is 22.5 Å². The zero-order valence-electron chi connectivity index (χ0n) is 18.4. The minimum atomic E-state index is -3.67. The van der Waals surface area contributed by atoms with Crippen LogP contribution in [0.2, 0.25) is 0 Å². The van der Waals surface area contributed by atoms with Crippen LogP contribution in [0.4, 0.5) is 11.4 Å². The second-order valence-electron chi connectivity index (χ2n) is 9.41. The Hall–Kier alpha value is -2.79. The summed E-state index contributed by atoms with van der Waals surface area (Å²) < 4.78 is 29.1. The van der Waals surface area contributed by atoms with E-state index in [1.807, 2.05) is 37.3 Å². The zero-order valence-corrected chi connectivity index (χ0v) is 19.2. The average molecular weight is 433 g/mol. The van der Waals surface area contributed by atoms with Crippen LogP contribution in [0.5, 0.6) is 0 Å². The van der Waals surface area contributed by atoms with Crippen molar-refractivity contribution in [3.05, 3.63) is 89.0 Å². The van der Waals surface area contributed by atoms with Gasteiger partial charge in [-0.2, -0.15) is 0 Å². The van der Waals surface area contributed by atoms with Gasteiger partial charge in [0.2, 0.25) is 0 Å². The SMILES string of the molecule is Cc1ccc(S(=O)(=O)N2C[C@@H]3[C@H](Nc4ccc(C)cc4C3(C)C)c3ccccc32)cc1. The third kappa shape index (κ3) is 3.06. The molecule has 0 bridgehead atoms. The predicted molar refractivity (Wildman–Crippen MR) is 126 cm³/mol. The van der Waals surface area contributed by atoms with Crippen LogP contribution in [0.15, 0.2) is 71.6 Å². The first-order valence-electron chi connectivity index (χ1n) is 10.8. The lowest BCUT2D eigenvalue weighted by molar-refractivity contribution is 0.269. The molecule has 4 nitrogen and oxygen atoms in total. The number of nitrogens with one attached hydrogen (secondary N) is 1. The summed E-state index contributed by atoms with van der Waals surface area (Å²) in [7, 11) is -3.67. The molecular weight excluding hydrogens is 404 g/mol. The lowest BCUT2D eigenvalue weighted by atomic mass is 9.64. The maximum absolute atomic E-state index is 13.8. The van der Waals surface area contributed by atoms with Crippen molar-refractivity contribution < 1.29 is 8.42 Å². The van der Waals surface area contributed by atoms with Gasteiger partial charge in [0.05, 0.1) is 16.6 Å². The van der Waals surface area contributed by atoms with E-state index in [2.05, 4.69) is 50.4 Å². The number of hydrogen-bond donors (Lipinski definition) is 1. The van der Waals surface area contributed by atoms with Gasteiger partial charge in [0.15, 0.2) is 0 Å². The summed E-state index contributed by atoms with van der Waals surface area (Å²) in [6, 6.07) is 21.6. The number of anilines is 2. The lowest BCUT2D eigenvalue weighted by Gasteiger charge is -2.51. The third-order valence-electron chi connectivity index (χ3n) is 7.02. The molecule has 3 aromatic carbocycles. The molecule has 0 aromatic heterocycles. The van der Waals surface area contributed by atoms with Crippen LogP contribution < -0.4 is 9.62 Å². The summed E-state index contributed by atoms with van der Waals surface area (Å²) in [6.45, 7) is 8.99. The Morgan fingerprint density at radius 1 is 0.935 bits per heavy atom. The summed E-state index contributed by atoms with van der Waals surface area (Å²) in [6.07, 6.45) is 0. The first kappa shape index (κ1) is 20.1.